The number of nitrogens with one attached hydrogen (secondary N) is 1. The highest BCUT2D eigenvalue weighted by Gasteiger charge is 2.11. The van der Waals surface area contributed by atoms with Gasteiger partial charge in [-0.1, -0.05) is 12.1 Å². The SMILES string of the molecule is Cl.Cl.Cl.N#Cc1ccc(Cn2cncc2CN2CCCNCC2)cc1. The fraction of sp³-hybridized carbons (Fsp3) is 0.412. The molecule has 0 radical (unpaired) electrons. The molecule has 0 atom stereocenters. The Balaban J connectivity index is 0.00000192. The van der Waals surface area contributed by atoms with Crippen molar-refractivity contribution in [2.75, 3.05) is 26.2 Å². The Morgan fingerprint density at radius 2 is 1.80 bits per heavy atom. The second kappa shape index (κ2) is 12.1. The first kappa shape index (κ1) is 23.7. The Kier molecular flexibility index (Phi) is 11.5. The van der Waals surface area contributed by atoms with Crippen LogP contribution in [0.15, 0.2) is 36.8 Å². The van der Waals surface area contributed by atoms with Crippen molar-refractivity contribution in [3.63, 3.8) is 0 Å². The minimum atomic E-state index is 0. The third-order valence-electron chi connectivity index (χ3n) is 4.05. The van der Waals surface area contributed by atoms with E-state index in [1.807, 2.05) is 36.8 Å². The third-order valence-corrected chi connectivity index (χ3v) is 4.05. The van der Waals surface area contributed by atoms with Crippen LogP contribution in [0.5, 0.6) is 0 Å². The van der Waals surface area contributed by atoms with E-state index >= 15 is 0 Å². The fourth-order valence-electron chi connectivity index (χ4n) is 2.79. The number of hydrogen-bond acceptors (Lipinski definition) is 4. The average molecular weight is 405 g/mol. The van der Waals surface area contributed by atoms with Crippen LogP contribution >= 0.6 is 37.2 Å². The van der Waals surface area contributed by atoms with Crippen molar-refractivity contribution in [1.82, 2.24) is 19.8 Å². The minimum absolute atomic E-state index is 0. The number of nitrogens with zero attached hydrogens (tertiary/aromatic N) is 4. The van der Waals surface area contributed by atoms with Gasteiger partial charge in [-0.3, -0.25) is 4.90 Å². The van der Waals surface area contributed by atoms with Crippen molar-refractivity contribution in [1.29, 1.82) is 5.26 Å². The number of aromatic nitrogens is 2. The number of rotatable bonds is 4. The Hall–Kier alpha value is -1.29. The molecule has 1 N–H and O–H groups in total. The molecule has 1 saturated heterocycles. The van der Waals surface area contributed by atoms with Crippen LogP contribution in [-0.4, -0.2) is 40.6 Å². The summed E-state index contributed by atoms with van der Waals surface area (Å²) in [5.41, 5.74) is 3.13. The first-order chi connectivity index (χ1) is 10.8. The number of hydrogen-bond donors (Lipinski definition) is 1. The lowest BCUT2D eigenvalue weighted by Crippen LogP contribution is -2.28. The van der Waals surface area contributed by atoms with E-state index in [1.54, 1.807) is 0 Å². The van der Waals surface area contributed by atoms with Gasteiger partial charge in [-0.2, -0.15) is 5.26 Å². The molecule has 0 amide bonds. The highest BCUT2D eigenvalue weighted by molar-refractivity contribution is 5.86. The zero-order chi connectivity index (χ0) is 15.2. The van der Waals surface area contributed by atoms with E-state index in [4.69, 9.17) is 5.26 Å². The summed E-state index contributed by atoms with van der Waals surface area (Å²) >= 11 is 0. The molecule has 0 unspecified atom stereocenters. The summed E-state index contributed by atoms with van der Waals surface area (Å²) in [6, 6.07) is 9.91. The van der Waals surface area contributed by atoms with Crippen LogP contribution < -0.4 is 5.32 Å². The van der Waals surface area contributed by atoms with E-state index in [-0.39, 0.29) is 37.2 Å². The molecule has 138 valence electrons. The van der Waals surface area contributed by atoms with E-state index in [0.717, 1.165) is 39.3 Å². The molecule has 0 spiro atoms. The fourth-order valence-corrected chi connectivity index (χ4v) is 2.79. The maximum atomic E-state index is 8.86. The maximum absolute atomic E-state index is 8.86. The number of imidazole rings is 1. The van der Waals surface area contributed by atoms with Gasteiger partial charge in [-0.25, -0.2) is 4.98 Å². The van der Waals surface area contributed by atoms with Crippen molar-refractivity contribution in [3.8, 4) is 6.07 Å². The quantitative estimate of drug-likeness (QED) is 0.851. The molecule has 1 fully saturated rings. The topological polar surface area (TPSA) is 56.9 Å². The lowest BCUT2D eigenvalue weighted by Gasteiger charge is -2.20. The van der Waals surface area contributed by atoms with Gasteiger partial charge >= 0.3 is 0 Å². The molecule has 25 heavy (non-hydrogen) atoms. The first-order valence-electron chi connectivity index (χ1n) is 7.76. The van der Waals surface area contributed by atoms with Gasteiger partial charge in [0.1, 0.15) is 0 Å². The van der Waals surface area contributed by atoms with Crippen LogP contribution in [0.25, 0.3) is 0 Å². The Morgan fingerprint density at radius 3 is 2.52 bits per heavy atom. The lowest BCUT2D eigenvalue weighted by molar-refractivity contribution is 0.277. The predicted molar refractivity (Wildman–Crippen MR) is 107 cm³/mol. The van der Waals surface area contributed by atoms with E-state index in [2.05, 4.69) is 25.8 Å². The molecule has 0 saturated carbocycles. The molecule has 0 aliphatic carbocycles. The smallest absolute Gasteiger partial charge is 0.0991 e. The standard InChI is InChI=1S/C17H21N5.3ClH/c18-10-15-2-4-16(5-3-15)12-22-14-20-11-17(22)13-21-8-1-6-19-7-9-21;;;/h2-5,11,14,19H,1,6-9,12-13H2;3*1H. The van der Waals surface area contributed by atoms with Crippen LogP contribution in [0.1, 0.15) is 23.2 Å². The zero-order valence-electron chi connectivity index (χ0n) is 13.9. The van der Waals surface area contributed by atoms with E-state index < -0.39 is 0 Å². The summed E-state index contributed by atoms with van der Waals surface area (Å²) < 4.78 is 2.19. The van der Waals surface area contributed by atoms with E-state index in [9.17, 15) is 0 Å². The summed E-state index contributed by atoms with van der Waals surface area (Å²) in [5.74, 6) is 0. The van der Waals surface area contributed by atoms with Crippen molar-refractivity contribution >= 4 is 37.2 Å². The summed E-state index contributed by atoms with van der Waals surface area (Å²) in [7, 11) is 0. The van der Waals surface area contributed by atoms with Gasteiger partial charge in [0.2, 0.25) is 0 Å². The van der Waals surface area contributed by atoms with Crippen LogP contribution in [0.2, 0.25) is 0 Å². The molecule has 2 heterocycles. The van der Waals surface area contributed by atoms with Gasteiger partial charge in [-0.15, -0.1) is 37.2 Å². The normalized spacial score (nSPS) is 14.2. The van der Waals surface area contributed by atoms with Gasteiger partial charge in [-0.05, 0) is 37.2 Å². The highest BCUT2D eigenvalue weighted by atomic mass is 35.5. The molecule has 8 heteroatoms. The molecule has 1 aliphatic rings. The molecule has 0 bridgehead atoms. The first-order valence-corrected chi connectivity index (χ1v) is 7.76. The van der Waals surface area contributed by atoms with Crippen molar-refractivity contribution in [2.45, 2.75) is 19.5 Å². The predicted octanol–water partition coefficient (Wildman–Crippen LogP) is 2.86. The highest BCUT2D eigenvalue weighted by Crippen LogP contribution is 2.11. The van der Waals surface area contributed by atoms with Crippen molar-refractivity contribution in [2.24, 2.45) is 0 Å². The summed E-state index contributed by atoms with van der Waals surface area (Å²) in [5, 5.41) is 12.3. The lowest BCUT2D eigenvalue weighted by atomic mass is 10.1. The third kappa shape index (κ3) is 6.85. The second-order valence-electron chi connectivity index (χ2n) is 5.70. The van der Waals surface area contributed by atoms with E-state index in [0.29, 0.717) is 5.56 Å². The van der Waals surface area contributed by atoms with Gasteiger partial charge in [0, 0.05) is 32.4 Å². The summed E-state index contributed by atoms with van der Waals surface area (Å²) in [6.07, 6.45) is 5.05. The number of halogens is 3. The zero-order valence-corrected chi connectivity index (χ0v) is 16.4. The van der Waals surface area contributed by atoms with E-state index in [1.165, 1.54) is 17.7 Å². The summed E-state index contributed by atoms with van der Waals surface area (Å²) in [4.78, 5) is 6.79. The molecular weight excluding hydrogens is 381 g/mol. The van der Waals surface area contributed by atoms with Gasteiger partial charge in [0.05, 0.1) is 23.7 Å². The Bertz CT molecular complexity index is 643. The monoisotopic (exact) mass is 403 g/mol. The molecule has 3 rings (SSSR count). The molecular formula is C17H24Cl3N5. The minimum Gasteiger partial charge on any atom is -0.329 e. The second-order valence-corrected chi connectivity index (χ2v) is 5.70. The number of benzene rings is 1. The Labute approximate surface area is 167 Å². The van der Waals surface area contributed by atoms with Gasteiger partial charge < -0.3 is 9.88 Å². The molecule has 2 aromatic rings. The molecule has 1 aromatic heterocycles. The van der Waals surface area contributed by atoms with Crippen LogP contribution in [0.4, 0.5) is 0 Å². The summed E-state index contributed by atoms with van der Waals surface area (Å²) in [6.45, 7) is 6.13. The Morgan fingerprint density at radius 1 is 1.04 bits per heavy atom. The van der Waals surface area contributed by atoms with Gasteiger partial charge in [0.25, 0.3) is 0 Å². The molecule has 5 nitrogen and oxygen atoms in total. The molecule has 1 aliphatic heterocycles. The van der Waals surface area contributed by atoms with Crippen molar-refractivity contribution < 1.29 is 0 Å². The average Bonchev–Trinajstić information content (AvgIpc) is 2.82. The van der Waals surface area contributed by atoms with Crippen LogP contribution in [-0.2, 0) is 13.1 Å². The van der Waals surface area contributed by atoms with Crippen LogP contribution in [0, 0.1) is 11.3 Å². The largest absolute Gasteiger partial charge is 0.329 e. The van der Waals surface area contributed by atoms with Crippen molar-refractivity contribution in [3.05, 3.63) is 53.6 Å². The van der Waals surface area contributed by atoms with Gasteiger partial charge in [0.15, 0.2) is 0 Å². The molecule has 1 aromatic carbocycles. The maximum Gasteiger partial charge on any atom is 0.0991 e. The number of nitriles is 1. The van der Waals surface area contributed by atoms with Crippen LogP contribution in [0.3, 0.4) is 0 Å².